The molecule has 0 heterocycles. The van der Waals surface area contributed by atoms with E-state index in [4.69, 9.17) is 4.79 Å². The van der Waals surface area contributed by atoms with Crippen LogP contribution in [0.2, 0.25) is 0 Å². The molecule has 2 nitrogen and oxygen atoms in total. The lowest BCUT2D eigenvalue weighted by molar-refractivity contribution is -0.0979. The number of nitrogens with zero attached hydrogens (tertiary/aromatic N) is 1. The highest BCUT2D eigenvalue weighted by Gasteiger charge is 2.04. The fraction of sp³-hybridized carbons (Fsp3) is 0.519. The minimum atomic E-state index is 1.02. The first-order valence-electron chi connectivity index (χ1n) is 11.3. The molecule has 29 heavy (non-hydrogen) atoms. The highest BCUT2D eigenvalue weighted by atomic mass is 16.1. The SMILES string of the molecule is C=O.CC.CCCCC(CC)CCC.Cc1ccccc1N(C)c1ccccc1. The third kappa shape index (κ3) is 12.9. The van der Waals surface area contributed by atoms with Crippen LogP contribution in [0.1, 0.15) is 78.7 Å². The van der Waals surface area contributed by atoms with Gasteiger partial charge in [-0.2, -0.15) is 0 Å². The average Bonchev–Trinajstić information content (AvgIpc) is 2.80. The van der Waals surface area contributed by atoms with E-state index < -0.39 is 0 Å². The van der Waals surface area contributed by atoms with Crippen molar-refractivity contribution in [1.29, 1.82) is 0 Å². The van der Waals surface area contributed by atoms with Crippen LogP contribution in [0, 0.1) is 12.8 Å². The number of benzene rings is 2. The van der Waals surface area contributed by atoms with E-state index in [1.165, 1.54) is 55.5 Å². The Kier molecular flexibility index (Phi) is 20.7. The van der Waals surface area contributed by atoms with Crippen LogP contribution in [0.25, 0.3) is 0 Å². The van der Waals surface area contributed by atoms with E-state index in [0.29, 0.717) is 0 Å². The van der Waals surface area contributed by atoms with E-state index in [1.807, 2.05) is 26.7 Å². The molecule has 0 radical (unpaired) electrons. The van der Waals surface area contributed by atoms with Gasteiger partial charge in [-0.05, 0) is 36.6 Å². The Balaban J connectivity index is 0. The minimum Gasteiger partial charge on any atom is -0.344 e. The summed E-state index contributed by atoms with van der Waals surface area (Å²) >= 11 is 0. The predicted molar refractivity (Wildman–Crippen MR) is 132 cm³/mol. The second kappa shape index (κ2) is 20.6. The molecule has 1 atom stereocenters. The van der Waals surface area contributed by atoms with Crippen molar-refractivity contribution in [1.82, 2.24) is 0 Å². The number of anilines is 2. The number of carbonyl (C=O) groups excluding carboxylic acids is 1. The van der Waals surface area contributed by atoms with Gasteiger partial charge in [0.2, 0.25) is 0 Å². The van der Waals surface area contributed by atoms with Gasteiger partial charge in [-0.3, -0.25) is 0 Å². The van der Waals surface area contributed by atoms with Gasteiger partial charge in [-0.25, -0.2) is 0 Å². The Morgan fingerprint density at radius 2 is 1.38 bits per heavy atom. The van der Waals surface area contributed by atoms with E-state index in [1.54, 1.807) is 0 Å². The monoisotopic (exact) mass is 399 g/mol. The summed E-state index contributed by atoms with van der Waals surface area (Å²) in [6.45, 7) is 15.0. The van der Waals surface area contributed by atoms with Crippen LogP contribution in [0.3, 0.4) is 0 Å². The molecule has 0 aliphatic heterocycles. The van der Waals surface area contributed by atoms with Crippen LogP contribution in [0.5, 0.6) is 0 Å². The zero-order chi connectivity index (χ0) is 22.5. The summed E-state index contributed by atoms with van der Waals surface area (Å²) in [6.07, 6.45) is 8.44. The van der Waals surface area contributed by atoms with Gasteiger partial charge in [0.15, 0.2) is 0 Å². The molecule has 0 N–H and O–H groups in total. The maximum absolute atomic E-state index is 8.00. The first-order chi connectivity index (χ1) is 14.1. The number of para-hydroxylation sites is 2. The van der Waals surface area contributed by atoms with Crippen LogP contribution >= 0.6 is 0 Å². The molecule has 0 amide bonds. The van der Waals surface area contributed by atoms with E-state index in [0.717, 1.165) is 5.92 Å². The van der Waals surface area contributed by atoms with Gasteiger partial charge in [0, 0.05) is 18.4 Å². The number of carbonyl (C=O) groups is 1. The summed E-state index contributed by atoms with van der Waals surface area (Å²) in [5.74, 6) is 1.02. The molecule has 2 rings (SSSR count). The lowest BCUT2D eigenvalue weighted by Crippen LogP contribution is -2.10. The van der Waals surface area contributed by atoms with Crippen molar-refractivity contribution in [3.63, 3.8) is 0 Å². The fourth-order valence-electron chi connectivity index (χ4n) is 3.18. The summed E-state index contributed by atoms with van der Waals surface area (Å²) in [4.78, 5) is 10.2. The van der Waals surface area contributed by atoms with Crippen LogP contribution in [-0.2, 0) is 4.79 Å². The summed E-state index contributed by atoms with van der Waals surface area (Å²) in [5.41, 5.74) is 3.76. The van der Waals surface area contributed by atoms with E-state index >= 15 is 0 Å². The average molecular weight is 400 g/mol. The number of rotatable bonds is 8. The van der Waals surface area contributed by atoms with Crippen molar-refractivity contribution in [2.75, 3.05) is 11.9 Å². The predicted octanol–water partition coefficient (Wildman–Crippen LogP) is 8.61. The molecule has 0 aliphatic rings. The van der Waals surface area contributed by atoms with Crippen LogP contribution in [0.4, 0.5) is 11.4 Å². The molecule has 0 fully saturated rings. The lowest BCUT2D eigenvalue weighted by atomic mass is 9.95. The molecule has 1 unspecified atom stereocenters. The van der Waals surface area contributed by atoms with Crippen molar-refractivity contribution < 1.29 is 4.79 Å². The number of aryl methyl sites for hydroxylation is 1. The highest BCUT2D eigenvalue weighted by Crippen LogP contribution is 2.25. The molecule has 0 aliphatic carbocycles. The van der Waals surface area contributed by atoms with Crippen LogP contribution in [0.15, 0.2) is 54.6 Å². The lowest BCUT2D eigenvalue weighted by Gasteiger charge is -2.21. The second-order valence-electron chi connectivity index (χ2n) is 6.89. The Labute approximate surface area is 181 Å². The van der Waals surface area contributed by atoms with Crippen molar-refractivity contribution in [3.05, 3.63) is 60.2 Å². The molecule has 0 spiro atoms. The van der Waals surface area contributed by atoms with Crippen molar-refractivity contribution in [3.8, 4) is 0 Å². The molecule has 2 heteroatoms. The van der Waals surface area contributed by atoms with Gasteiger partial charge in [0.25, 0.3) is 0 Å². The van der Waals surface area contributed by atoms with E-state index in [9.17, 15) is 0 Å². The standard InChI is InChI=1S/C14H15N.C10H22.C2H6.CH2O/c1-12-8-6-7-11-14(12)15(2)13-9-4-3-5-10-13;1-4-7-9-10(6-3)8-5-2;2*1-2/h3-11H,1-2H3;10H,4-9H2,1-3H3;1-2H3;1H2. The topological polar surface area (TPSA) is 20.3 Å². The fourth-order valence-corrected chi connectivity index (χ4v) is 3.18. The quantitative estimate of drug-likeness (QED) is 0.443. The number of hydrogen-bond donors (Lipinski definition) is 0. The Morgan fingerprint density at radius 3 is 1.86 bits per heavy atom. The summed E-state index contributed by atoms with van der Waals surface area (Å²) in [5, 5.41) is 0. The first kappa shape index (κ1) is 29.1. The Bertz CT molecular complexity index is 582. The summed E-state index contributed by atoms with van der Waals surface area (Å²) in [7, 11) is 2.09. The molecule has 0 saturated carbocycles. The smallest absolute Gasteiger partial charge is 0.106 e. The minimum absolute atomic E-state index is 1.02. The van der Waals surface area contributed by atoms with Crippen molar-refractivity contribution in [2.45, 2.75) is 80.1 Å². The maximum Gasteiger partial charge on any atom is 0.106 e. The summed E-state index contributed by atoms with van der Waals surface area (Å²) in [6, 6.07) is 18.8. The normalized spacial score (nSPS) is 10.2. The zero-order valence-electron chi connectivity index (χ0n) is 20.1. The van der Waals surface area contributed by atoms with Gasteiger partial charge in [-0.15, -0.1) is 0 Å². The van der Waals surface area contributed by atoms with Crippen molar-refractivity contribution in [2.24, 2.45) is 5.92 Å². The van der Waals surface area contributed by atoms with E-state index in [-0.39, 0.29) is 0 Å². The number of hydrogen-bond acceptors (Lipinski definition) is 2. The van der Waals surface area contributed by atoms with Gasteiger partial charge >= 0.3 is 0 Å². The highest BCUT2D eigenvalue weighted by molar-refractivity contribution is 5.65. The zero-order valence-corrected chi connectivity index (χ0v) is 20.1. The molecule has 0 bridgehead atoms. The van der Waals surface area contributed by atoms with Gasteiger partial charge in [0.1, 0.15) is 6.79 Å². The molecular formula is C27H45NO. The molecular weight excluding hydrogens is 354 g/mol. The van der Waals surface area contributed by atoms with Gasteiger partial charge in [0.05, 0.1) is 0 Å². The van der Waals surface area contributed by atoms with Crippen LogP contribution in [-0.4, -0.2) is 13.8 Å². The Morgan fingerprint density at radius 1 is 0.828 bits per heavy atom. The molecule has 0 aromatic heterocycles. The van der Waals surface area contributed by atoms with Gasteiger partial charge < -0.3 is 9.69 Å². The van der Waals surface area contributed by atoms with E-state index in [2.05, 4.69) is 88.2 Å². The number of unbranched alkanes of at least 4 members (excludes halogenated alkanes) is 1. The molecule has 0 saturated heterocycles. The summed E-state index contributed by atoms with van der Waals surface area (Å²) < 4.78 is 0. The second-order valence-corrected chi connectivity index (χ2v) is 6.89. The van der Waals surface area contributed by atoms with Crippen molar-refractivity contribution >= 4 is 18.2 Å². The van der Waals surface area contributed by atoms with Crippen LogP contribution < -0.4 is 4.90 Å². The molecule has 2 aromatic carbocycles. The maximum atomic E-state index is 8.00. The molecule has 164 valence electrons. The molecule has 2 aromatic rings. The van der Waals surface area contributed by atoms with Gasteiger partial charge in [-0.1, -0.05) is 110 Å². The third-order valence-corrected chi connectivity index (χ3v) is 4.86. The first-order valence-corrected chi connectivity index (χ1v) is 11.3. The third-order valence-electron chi connectivity index (χ3n) is 4.86. The largest absolute Gasteiger partial charge is 0.344 e. The Hall–Kier alpha value is -2.09.